The molecule has 0 aromatic carbocycles. The molecule has 0 radical (unpaired) electrons. The maximum atomic E-state index is 10.8. The zero-order chi connectivity index (χ0) is 8.43. The minimum absolute atomic E-state index is 0. The number of ether oxygens (including phenoxy) is 1. The molecule has 0 aliphatic carbocycles. The van der Waals surface area contributed by atoms with Gasteiger partial charge in [0.2, 0.25) is 0 Å². The maximum Gasteiger partial charge on any atom is 1.00 e. The number of hydrogen-bond acceptors (Lipinski definition) is 3. The Morgan fingerprint density at radius 3 is 2.50 bits per heavy atom. The number of carbonyl (C=O) groups excluding carboxylic acids is 2. The van der Waals surface area contributed by atoms with Crippen molar-refractivity contribution < 1.29 is 45.3 Å². The van der Waals surface area contributed by atoms with Gasteiger partial charge in [-0.15, -0.1) is 0 Å². The van der Waals surface area contributed by atoms with E-state index in [-0.39, 0.29) is 43.3 Å². The summed E-state index contributed by atoms with van der Waals surface area (Å²) in [5.41, 5.74) is 1.03. The number of rotatable bonds is 1. The van der Waals surface area contributed by atoms with Crippen molar-refractivity contribution in [2.45, 2.75) is 20.3 Å². The van der Waals surface area contributed by atoms with E-state index in [1.54, 1.807) is 6.08 Å². The third-order valence-electron chi connectivity index (χ3n) is 1.44. The summed E-state index contributed by atoms with van der Waals surface area (Å²) in [6, 6.07) is 0. The normalized spacial score (nSPS) is 21.3. The van der Waals surface area contributed by atoms with Gasteiger partial charge in [-0.25, -0.2) is 0 Å². The van der Waals surface area contributed by atoms with Gasteiger partial charge in [-0.05, 0) is 13.8 Å². The molecule has 0 aromatic heterocycles. The van der Waals surface area contributed by atoms with E-state index in [4.69, 9.17) is 0 Å². The Balaban J connectivity index is 0. The van der Waals surface area contributed by atoms with Crippen LogP contribution in [-0.2, 0) is 14.3 Å². The standard InChI is InChI=1S/C8H10O3.Na.H/c1-5(2)3-6-4-7(9)11-8(6)10;;/h3,6H,4H2,1-2H3;;/q;+1;-1. The molecule has 1 unspecified atom stereocenters. The molecule has 1 heterocycles. The third-order valence-corrected chi connectivity index (χ3v) is 1.44. The van der Waals surface area contributed by atoms with E-state index in [9.17, 15) is 9.59 Å². The molecule has 4 heteroatoms. The monoisotopic (exact) mass is 178 g/mol. The van der Waals surface area contributed by atoms with E-state index in [0.717, 1.165) is 5.57 Å². The molecule has 1 saturated heterocycles. The number of esters is 2. The number of allylic oxidation sites excluding steroid dienone is 1. The molecule has 0 amide bonds. The van der Waals surface area contributed by atoms with Crippen molar-refractivity contribution >= 4 is 11.9 Å². The fourth-order valence-corrected chi connectivity index (χ4v) is 1.02. The summed E-state index contributed by atoms with van der Waals surface area (Å²) in [6.07, 6.45) is 1.96. The van der Waals surface area contributed by atoms with Crippen LogP contribution >= 0.6 is 0 Å². The minimum atomic E-state index is -0.420. The summed E-state index contributed by atoms with van der Waals surface area (Å²) < 4.78 is 4.35. The van der Waals surface area contributed by atoms with Gasteiger partial charge in [-0.1, -0.05) is 11.6 Å². The Labute approximate surface area is 94.9 Å². The van der Waals surface area contributed by atoms with Gasteiger partial charge in [0.25, 0.3) is 0 Å². The van der Waals surface area contributed by atoms with Crippen molar-refractivity contribution in [1.29, 1.82) is 0 Å². The van der Waals surface area contributed by atoms with Crippen LogP contribution in [0.4, 0.5) is 0 Å². The Morgan fingerprint density at radius 2 is 2.17 bits per heavy atom. The van der Waals surface area contributed by atoms with Crippen molar-refractivity contribution in [2.75, 3.05) is 0 Å². The molecule has 3 nitrogen and oxygen atoms in total. The molecule has 1 rings (SSSR count). The Kier molecular flexibility index (Phi) is 4.75. The number of hydrogen-bond donors (Lipinski definition) is 0. The SMILES string of the molecule is CC(C)=CC1CC(=O)OC1=O.[H-].[Na+]. The second-order valence-corrected chi connectivity index (χ2v) is 2.85. The first kappa shape index (κ1) is 11.9. The Bertz CT molecular complexity index is 234. The van der Waals surface area contributed by atoms with Crippen molar-refractivity contribution in [3.63, 3.8) is 0 Å². The third kappa shape index (κ3) is 3.09. The first-order valence-electron chi connectivity index (χ1n) is 3.49. The van der Waals surface area contributed by atoms with E-state index >= 15 is 0 Å². The number of cyclic esters (lactones) is 2. The predicted molar refractivity (Wildman–Crippen MR) is 39.7 cm³/mol. The Morgan fingerprint density at radius 1 is 1.58 bits per heavy atom. The zero-order valence-electron chi connectivity index (χ0n) is 8.59. The van der Waals surface area contributed by atoms with Gasteiger partial charge >= 0.3 is 41.5 Å². The summed E-state index contributed by atoms with van der Waals surface area (Å²) in [6.45, 7) is 3.77. The second kappa shape index (κ2) is 4.80. The topological polar surface area (TPSA) is 43.4 Å². The predicted octanol–water partition coefficient (Wildman–Crippen LogP) is -1.84. The fraction of sp³-hybridized carbons (Fsp3) is 0.500. The summed E-state index contributed by atoms with van der Waals surface area (Å²) in [5, 5.41) is 0. The van der Waals surface area contributed by atoms with E-state index in [1.807, 2.05) is 13.8 Å². The minimum Gasteiger partial charge on any atom is -1.00 e. The van der Waals surface area contributed by atoms with Gasteiger partial charge in [0, 0.05) is 0 Å². The summed E-state index contributed by atoms with van der Waals surface area (Å²) in [7, 11) is 0. The van der Waals surface area contributed by atoms with Crippen LogP contribution in [0, 0.1) is 5.92 Å². The van der Waals surface area contributed by atoms with Crippen molar-refractivity contribution in [3.8, 4) is 0 Å². The Hall–Kier alpha value is -0.120. The molecule has 0 spiro atoms. The first-order valence-corrected chi connectivity index (χ1v) is 3.49. The zero-order valence-corrected chi connectivity index (χ0v) is 9.59. The molecule has 1 atom stereocenters. The van der Waals surface area contributed by atoms with Gasteiger partial charge in [-0.3, -0.25) is 9.59 Å². The molecule has 0 N–H and O–H groups in total. The molecule has 12 heavy (non-hydrogen) atoms. The van der Waals surface area contributed by atoms with Crippen LogP contribution < -0.4 is 29.6 Å². The van der Waals surface area contributed by atoms with Gasteiger partial charge in [0.15, 0.2) is 0 Å². The summed E-state index contributed by atoms with van der Waals surface area (Å²) in [4.78, 5) is 21.4. The molecule has 62 valence electrons. The average Bonchev–Trinajstić information content (AvgIpc) is 2.09. The van der Waals surface area contributed by atoms with Gasteiger partial charge < -0.3 is 6.16 Å². The summed E-state index contributed by atoms with van der Waals surface area (Å²) in [5.74, 6) is -1.18. The maximum absolute atomic E-state index is 10.8. The smallest absolute Gasteiger partial charge is 1.00 e. The van der Waals surface area contributed by atoms with Gasteiger partial charge in [0.1, 0.15) is 0 Å². The quantitative estimate of drug-likeness (QED) is 0.205. The van der Waals surface area contributed by atoms with Crippen LogP contribution in [0.2, 0.25) is 0 Å². The number of carbonyl (C=O) groups is 2. The van der Waals surface area contributed by atoms with Gasteiger partial charge in [-0.2, -0.15) is 0 Å². The van der Waals surface area contributed by atoms with Gasteiger partial charge in [0.05, 0.1) is 12.3 Å². The molecule has 0 bridgehead atoms. The largest absolute Gasteiger partial charge is 1.00 e. The van der Waals surface area contributed by atoms with Crippen LogP contribution in [0.1, 0.15) is 21.7 Å². The molecule has 0 aromatic rings. The molecular formula is C8H11NaO3. The molecular weight excluding hydrogens is 167 g/mol. The molecule has 1 aliphatic heterocycles. The fourth-order valence-electron chi connectivity index (χ4n) is 1.02. The average molecular weight is 178 g/mol. The van der Waals surface area contributed by atoms with Crippen molar-refractivity contribution in [2.24, 2.45) is 5.92 Å². The first-order chi connectivity index (χ1) is 5.09. The molecule has 1 aliphatic rings. The van der Waals surface area contributed by atoms with E-state index in [1.165, 1.54) is 0 Å². The van der Waals surface area contributed by atoms with E-state index in [0.29, 0.717) is 0 Å². The van der Waals surface area contributed by atoms with Crippen LogP contribution in [0.25, 0.3) is 0 Å². The summed E-state index contributed by atoms with van der Waals surface area (Å²) >= 11 is 0. The van der Waals surface area contributed by atoms with E-state index in [2.05, 4.69) is 4.74 Å². The second-order valence-electron chi connectivity index (χ2n) is 2.85. The van der Waals surface area contributed by atoms with Crippen LogP contribution in [0.15, 0.2) is 11.6 Å². The molecule has 0 saturated carbocycles. The van der Waals surface area contributed by atoms with Crippen molar-refractivity contribution in [3.05, 3.63) is 11.6 Å². The van der Waals surface area contributed by atoms with Crippen LogP contribution in [0.3, 0.4) is 0 Å². The molecule has 1 fully saturated rings. The van der Waals surface area contributed by atoms with Crippen LogP contribution in [0.5, 0.6) is 0 Å². The van der Waals surface area contributed by atoms with Crippen LogP contribution in [-0.4, -0.2) is 11.9 Å². The van der Waals surface area contributed by atoms with Crippen molar-refractivity contribution in [1.82, 2.24) is 0 Å². The van der Waals surface area contributed by atoms with E-state index < -0.39 is 11.9 Å².